The summed E-state index contributed by atoms with van der Waals surface area (Å²) in [5.41, 5.74) is -0.166. The van der Waals surface area contributed by atoms with Crippen LogP contribution in [0.4, 0.5) is 4.39 Å². The van der Waals surface area contributed by atoms with Gasteiger partial charge in [-0.2, -0.15) is 10.1 Å². The second-order valence-electron chi connectivity index (χ2n) is 5.28. The summed E-state index contributed by atoms with van der Waals surface area (Å²) in [7, 11) is 1.43. The van der Waals surface area contributed by atoms with Crippen molar-refractivity contribution in [3.8, 4) is 0 Å². The van der Waals surface area contributed by atoms with Crippen molar-refractivity contribution in [3.05, 3.63) is 75.5 Å². The van der Waals surface area contributed by atoms with Gasteiger partial charge in [-0.15, -0.1) is 0 Å². The Balaban J connectivity index is 1.97. The first-order valence-corrected chi connectivity index (χ1v) is 7.35. The molecule has 0 spiro atoms. The van der Waals surface area contributed by atoms with Crippen LogP contribution in [0.3, 0.4) is 0 Å². The summed E-state index contributed by atoms with van der Waals surface area (Å²) in [4.78, 5) is 28.0. The first-order chi connectivity index (χ1) is 12.0. The molecule has 0 radical (unpaired) electrons. The molecule has 0 aliphatic carbocycles. The summed E-state index contributed by atoms with van der Waals surface area (Å²) in [6, 6.07) is 7.50. The molecule has 3 aromatic rings. The molecular formula is C16H14FN5O3. The van der Waals surface area contributed by atoms with Crippen LogP contribution in [0.1, 0.15) is 33.8 Å². The number of nitrogens with one attached hydrogen (secondary N) is 1. The number of hydrogen-bond donors (Lipinski definition) is 1. The normalized spacial score (nSPS) is 12.0. The van der Waals surface area contributed by atoms with Crippen molar-refractivity contribution in [2.75, 3.05) is 0 Å². The third-order valence-corrected chi connectivity index (χ3v) is 3.49. The van der Waals surface area contributed by atoms with Gasteiger partial charge in [-0.25, -0.2) is 9.07 Å². The largest absolute Gasteiger partial charge is 0.340 e. The van der Waals surface area contributed by atoms with E-state index in [1.165, 1.54) is 37.4 Å². The van der Waals surface area contributed by atoms with Crippen molar-refractivity contribution in [3.63, 3.8) is 0 Å². The van der Waals surface area contributed by atoms with Gasteiger partial charge in [0.25, 0.3) is 11.5 Å². The standard InChI is InChI=1S/C16H14FN5O3/c1-9-18-15(21-25-9)14(10-5-3-4-6-11(10)17)19-16(24)12-7-8-13(23)22(2)20-12/h3-8,14H,1-2H3,(H,19,24). The lowest BCUT2D eigenvalue weighted by Gasteiger charge is -2.16. The van der Waals surface area contributed by atoms with Crippen LogP contribution in [0.5, 0.6) is 0 Å². The van der Waals surface area contributed by atoms with E-state index in [1.807, 2.05) is 0 Å². The second-order valence-corrected chi connectivity index (χ2v) is 5.28. The maximum absolute atomic E-state index is 14.2. The highest BCUT2D eigenvalue weighted by Crippen LogP contribution is 2.22. The van der Waals surface area contributed by atoms with Crippen LogP contribution in [-0.2, 0) is 7.05 Å². The number of amides is 1. The number of carbonyl (C=O) groups is 1. The molecule has 0 saturated carbocycles. The molecule has 1 aromatic carbocycles. The van der Waals surface area contributed by atoms with Crippen LogP contribution in [0.2, 0.25) is 0 Å². The number of aryl methyl sites for hydroxylation is 2. The molecule has 1 atom stereocenters. The van der Waals surface area contributed by atoms with Crippen LogP contribution in [0.15, 0.2) is 45.7 Å². The maximum atomic E-state index is 14.2. The van der Waals surface area contributed by atoms with Crippen molar-refractivity contribution in [2.45, 2.75) is 13.0 Å². The zero-order valence-corrected chi connectivity index (χ0v) is 13.4. The lowest BCUT2D eigenvalue weighted by molar-refractivity contribution is 0.0933. The van der Waals surface area contributed by atoms with Crippen LogP contribution < -0.4 is 10.9 Å². The van der Waals surface area contributed by atoms with Crippen molar-refractivity contribution >= 4 is 5.91 Å². The van der Waals surface area contributed by atoms with E-state index in [0.29, 0.717) is 0 Å². The fourth-order valence-corrected chi connectivity index (χ4v) is 2.25. The zero-order chi connectivity index (χ0) is 18.0. The predicted octanol–water partition coefficient (Wildman–Crippen LogP) is 1.13. The highest BCUT2D eigenvalue weighted by atomic mass is 19.1. The van der Waals surface area contributed by atoms with Gasteiger partial charge in [-0.05, 0) is 12.1 Å². The number of carbonyl (C=O) groups excluding carboxylic acids is 1. The van der Waals surface area contributed by atoms with Gasteiger partial charge in [0.1, 0.15) is 17.6 Å². The molecule has 128 valence electrons. The summed E-state index contributed by atoms with van der Waals surface area (Å²) in [6.45, 7) is 1.59. The lowest BCUT2D eigenvalue weighted by atomic mass is 10.1. The molecule has 2 heterocycles. The third-order valence-electron chi connectivity index (χ3n) is 3.49. The zero-order valence-electron chi connectivity index (χ0n) is 13.4. The summed E-state index contributed by atoms with van der Waals surface area (Å²) in [5, 5.41) is 10.3. The molecule has 3 rings (SSSR count). The topological polar surface area (TPSA) is 103 Å². The Morgan fingerprint density at radius 1 is 1.28 bits per heavy atom. The highest BCUT2D eigenvalue weighted by Gasteiger charge is 2.25. The molecule has 1 N–H and O–H groups in total. The quantitative estimate of drug-likeness (QED) is 0.762. The van der Waals surface area contributed by atoms with E-state index in [2.05, 4.69) is 20.6 Å². The molecule has 0 saturated heterocycles. The van der Waals surface area contributed by atoms with Crippen molar-refractivity contribution < 1.29 is 13.7 Å². The van der Waals surface area contributed by atoms with Crippen molar-refractivity contribution in [1.82, 2.24) is 25.2 Å². The van der Waals surface area contributed by atoms with E-state index in [1.54, 1.807) is 13.0 Å². The molecule has 1 amide bonds. The SMILES string of the molecule is Cc1nc(C(NC(=O)c2ccc(=O)n(C)n2)c2ccccc2F)no1. The molecule has 0 aliphatic rings. The van der Waals surface area contributed by atoms with Crippen LogP contribution in [-0.4, -0.2) is 25.8 Å². The molecule has 25 heavy (non-hydrogen) atoms. The van der Waals surface area contributed by atoms with Gasteiger partial charge in [0, 0.05) is 25.6 Å². The summed E-state index contributed by atoms with van der Waals surface area (Å²) >= 11 is 0. The number of halogens is 1. The second kappa shape index (κ2) is 6.63. The minimum Gasteiger partial charge on any atom is -0.340 e. The number of hydrogen-bond acceptors (Lipinski definition) is 6. The van der Waals surface area contributed by atoms with Crippen LogP contribution in [0, 0.1) is 12.7 Å². The van der Waals surface area contributed by atoms with Gasteiger partial charge < -0.3 is 9.84 Å². The molecule has 1 unspecified atom stereocenters. The van der Waals surface area contributed by atoms with E-state index < -0.39 is 17.8 Å². The monoisotopic (exact) mass is 343 g/mol. The maximum Gasteiger partial charge on any atom is 0.272 e. The average molecular weight is 343 g/mol. The molecule has 0 aliphatic heterocycles. The Hall–Kier alpha value is -3.36. The molecule has 0 fully saturated rings. The minimum atomic E-state index is -0.967. The lowest BCUT2D eigenvalue weighted by Crippen LogP contribution is -2.33. The predicted molar refractivity (Wildman–Crippen MR) is 84.2 cm³/mol. The van der Waals surface area contributed by atoms with Crippen molar-refractivity contribution in [2.24, 2.45) is 7.05 Å². The van der Waals surface area contributed by atoms with Gasteiger partial charge in [-0.1, -0.05) is 23.4 Å². The van der Waals surface area contributed by atoms with Gasteiger partial charge >= 0.3 is 0 Å². The number of nitrogens with zero attached hydrogens (tertiary/aromatic N) is 4. The van der Waals surface area contributed by atoms with E-state index in [-0.39, 0.29) is 28.5 Å². The van der Waals surface area contributed by atoms with Gasteiger partial charge in [0.05, 0.1) is 0 Å². The Bertz CT molecular complexity index is 982. The van der Waals surface area contributed by atoms with E-state index in [4.69, 9.17) is 4.52 Å². The Labute approximate surface area is 141 Å². The first-order valence-electron chi connectivity index (χ1n) is 7.35. The Kier molecular flexibility index (Phi) is 4.38. The highest BCUT2D eigenvalue weighted by molar-refractivity contribution is 5.92. The van der Waals surface area contributed by atoms with Crippen LogP contribution in [0.25, 0.3) is 0 Å². The first kappa shape index (κ1) is 16.5. The summed E-state index contributed by atoms with van der Waals surface area (Å²) < 4.78 is 20.2. The van der Waals surface area contributed by atoms with E-state index in [0.717, 1.165) is 4.68 Å². The number of aromatic nitrogens is 4. The number of rotatable bonds is 4. The van der Waals surface area contributed by atoms with Crippen molar-refractivity contribution in [1.29, 1.82) is 0 Å². The van der Waals surface area contributed by atoms with Gasteiger partial charge in [0.15, 0.2) is 5.82 Å². The molecular weight excluding hydrogens is 329 g/mol. The number of benzene rings is 1. The van der Waals surface area contributed by atoms with E-state index >= 15 is 0 Å². The third kappa shape index (κ3) is 3.44. The minimum absolute atomic E-state index is 0.00339. The fourth-order valence-electron chi connectivity index (χ4n) is 2.25. The summed E-state index contributed by atoms with van der Waals surface area (Å²) in [5.74, 6) is -0.735. The average Bonchev–Trinajstić information content (AvgIpc) is 3.02. The molecule has 9 heteroatoms. The smallest absolute Gasteiger partial charge is 0.272 e. The van der Waals surface area contributed by atoms with E-state index in [9.17, 15) is 14.0 Å². The Morgan fingerprint density at radius 2 is 2.04 bits per heavy atom. The molecule has 8 nitrogen and oxygen atoms in total. The summed E-state index contributed by atoms with van der Waals surface area (Å²) in [6.07, 6.45) is 0. The Morgan fingerprint density at radius 3 is 2.68 bits per heavy atom. The van der Waals surface area contributed by atoms with Crippen LogP contribution >= 0.6 is 0 Å². The molecule has 0 bridgehead atoms. The van der Waals surface area contributed by atoms with Gasteiger partial charge in [-0.3, -0.25) is 9.59 Å². The molecule has 2 aromatic heterocycles. The fraction of sp³-hybridized carbons (Fsp3) is 0.188. The van der Waals surface area contributed by atoms with Gasteiger partial charge in [0.2, 0.25) is 5.89 Å².